The van der Waals surface area contributed by atoms with E-state index in [-0.39, 0.29) is 16.0 Å². The minimum absolute atomic E-state index is 0.0189. The third kappa shape index (κ3) is 3.39. The smallest absolute Gasteiger partial charge is 0.207 e. The van der Waals surface area contributed by atoms with Crippen LogP contribution < -0.4 is 0 Å². The summed E-state index contributed by atoms with van der Waals surface area (Å²) in [6, 6.07) is 6.26. The fourth-order valence-electron chi connectivity index (χ4n) is 2.86. The summed E-state index contributed by atoms with van der Waals surface area (Å²) in [7, 11) is -2.01. The molecule has 0 amide bonds. The van der Waals surface area contributed by atoms with Crippen LogP contribution in [0.15, 0.2) is 23.1 Å². The number of halogens is 1. The normalized spacial score (nSPS) is 23.0. The molecule has 0 radical (unpaired) electrons. The van der Waals surface area contributed by atoms with Crippen molar-refractivity contribution in [3.63, 3.8) is 0 Å². The highest BCUT2D eigenvalue weighted by Crippen LogP contribution is 2.32. The van der Waals surface area contributed by atoms with Crippen molar-refractivity contribution in [3.8, 4) is 6.07 Å². The molecule has 0 aliphatic heterocycles. The standard InChI is InChI=1S/C15H19ClN2O2S/c1-11-4-3-5-13(8-11)18(2)21(19,20)15-7-6-12(10-17)9-14(15)16/h6-7,9,11,13H,3-5,8H2,1-2H3. The highest BCUT2D eigenvalue weighted by atomic mass is 35.5. The zero-order chi connectivity index (χ0) is 15.6. The Morgan fingerprint density at radius 1 is 1.38 bits per heavy atom. The van der Waals surface area contributed by atoms with Gasteiger partial charge in [-0.25, -0.2) is 8.42 Å². The van der Waals surface area contributed by atoms with Gasteiger partial charge in [0.15, 0.2) is 0 Å². The molecule has 114 valence electrons. The Kier molecular flexibility index (Phi) is 4.92. The first-order valence-corrected chi connectivity index (χ1v) is 8.85. The van der Waals surface area contributed by atoms with Gasteiger partial charge < -0.3 is 0 Å². The summed E-state index contributed by atoms with van der Waals surface area (Å²) >= 11 is 6.05. The van der Waals surface area contributed by atoms with Crippen LogP contribution in [0.3, 0.4) is 0 Å². The third-order valence-corrected chi connectivity index (χ3v) is 6.53. The first-order valence-electron chi connectivity index (χ1n) is 7.04. The van der Waals surface area contributed by atoms with Crippen LogP contribution in [0.5, 0.6) is 0 Å². The molecule has 6 heteroatoms. The third-order valence-electron chi connectivity index (χ3n) is 4.14. The van der Waals surface area contributed by atoms with Crippen molar-refractivity contribution in [1.29, 1.82) is 5.26 Å². The molecule has 1 aromatic rings. The van der Waals surface area contributed by atoms with E-state index >= 15 is 0 Å². The van der Waals surface area contributed by atoms with Gasteiger partial charge in [0.1, 0.15) is 4.90 Å². The van der Waals surface area contributed by atoms with E-state index in [2.05, 4.69) is 6.92 Å². The predicted molar refractivity (Wildman–Crippen MR) is 82.5 cm³/mol. The molecule has 1 aromatic carbocycles. The van der Waals surface area contributed by atoms with Crippen molar-refractivity contribution >= 4 is 21.6 Å². The number of hydrogen-bond donors (Lipinski definition) is 0. The van der Waals surface area contributed by atoms with Gasteiger partial charge in [0.25, 0.3) is 0 Å². The summed E-state index contributed by atoms with van der Waals surface area (Å²) in [4.78, 5) is 0.0730. The molecule has 2 unspecified atom stereocenters. The van der Waals surface area contributed by atoms with Gasteiger partial charge in [0.2, 0.25) is 10.0 Å². The minimum Gasteiger partial charge on any atom is -0.207 e. The van der Waals surface area contributed by atoms with E-state index in [0.717, 1.165) is 25.7 Å². The highest BCUT2D eigenvalue weighted by Gasteiger charge is 2.32. The minimum atomic E-state index is -3.63. The van der Waals surface area contributed by atoms with Crippen LogP contribution >= 0.6 is 11.6 Å². The quantitative estimate of drug-likeness (QED) is 0.855. The molecule has 0 aromatic heterocycles. The molecular formula is C15H19ClN2O2S. The Labute approximate surface area is 131 Å². The zero-order valence-corrected chi connectivity index (χ0v) is 13.8. The fraction of sp³-hybridized carbons (Fsp3) is 0.533. The molecule has 0 spiro atoms. The van der Waals surface area contributed by atoms with E-state index in [1.807, 2.05) is 6.07 Å². The molecule has 1 fully saturated rings. The summed E-state index contributed by atoms with van der Waals surface area (Å²) in [6.45, 7) is 2.15. The average molecular weight is 327 g/mol. The first-order chi connectivity index (χ1) is 9.86. The largest absolute Gasteiger partial charge is 0.244 e. The van der Waals surface area contributed by atoms with E-state index in [0.29, 0.717) is 11.5 Å². The van der Waals surface area contributed by atoms with Crippen LogP contribution in [0.1, 0.15) is 38.2 Å². The summed E-state index contributed by atoms with van der Waals surface area (Å²) < 4.78 is 26.9. The Bertz CT molecular complexity index is 667. The molecule has 1 saturated carbocycles. The maximum absolute atomic E-state index is 12.7. The van der Waals surface area contributed by atoms with Gasteiger partial charge in [-0.3, -0.25) is 0 Å². The van der Waals surface area contributed by atoms with E-state index in [4.69, 9.17) is 16.9 Å². The Hall–Kier alpha value is -1.09. The fourth-order valence-corrected chi connectivity index (χ4v) is 4.78. The van der Waals surface area contributed by atoms with Crippen molar-refractivity contribution in [2.24, 2.45) is 5.92 Å². The lowest BCUT2D eigenvalue weighted by atomic mass is 9.87. The van der Waals surface area contributed by atoms with E-state index in [1.54, 1.807) is 7.05 Å². The lowest BCUT2D eigenvalue weighted by molar-refractivity contribution is 0.239. The molecule has 0 saturated heterocycles. The van der Waals surface area contributed by atoms with Crippen LogP contribution in [0, 0.1) is 17.2 Å². The van der Waals surface area contributed by atoms with E-state index in [1.165, 1.54) is 22.5 Å². The molecule has 0 N–H and O–H groups in total. The Morgan fingerprint density at radius 2 is 2.10 bits per heavy atom. The maximum atomic E-state index is 12.7. The second-order valence-electron chi connectivity index (χ2n) is 5.70. The molecule has 2 rings (SSSR count). The van der Waals surface area contributed by atoms with Gasteiger partial charge in [-0.1, -0.05) is 31.4 Å². The first kappa shape index (κ1) is 16.3. The van der Waals surface area contributed by atoms with E-state index < -0.39 is 10.0 Å². The summed E-state index contributed by atoms with van der Waals surface area (Å²) in [5.41, 5.74) is 0.355. The van der Waals surface area contributed by atoms with Crippen LogP contribution in [-0.4, -0.2) is 25.8 Å². The molecule has 0 bridgehead atoms. The number of hydrogen-bond acceptors (Lipinski definition) is 3. The highest BCUT2D eigenvalue weighted by molar-refractivity contribution is 7.89. The van der Waals surface area contributed by atoms with Crippen LogP contribution in [-0.2, 0) is 10.0 Å². The van der Waals surface area contributed by atoms with Gasteiger partial charge in [-0.05, 0) is 37.0 Å². The molecule has 1 aliphatic carbocycles. The molecule has 1 aliphatic rings. The number of nitriles is 1. The second-order valence-corrected chi connectivity index (χ2v) is 8.08. The lowest BCUT2D eigenvalue weighted by Gasteiger charge is -2.33. The van der Waals surface area contributed by atoms with Crippen LogP contribution in [0.2, 0.25) is 5.02 Å². The molecule has 0 heterocycles. The van der Waals surface area contributed by atoms with E-state index in [9.17, 15) is 8.42 Å². The second kappa shape index (κ2) is 6.35. The monoisotopic (exact) mass is 326 g/mol. The van der Waals surface area contributed by atoms with Gasteiger partial charge in [-0.2, -0.15) is 9.57 Å². The van der Waals surface area contributed by atoms with Crippen molar-refractivity contribution in [2.75, 3.05) is 7.05 Å². The number of nitrogens with zero attached hydrogens (tertiary/aromatic N) is 2. The Balaban J connectivity index is 2.31. The maximum Gasteiger partial charge on any atom is 0.244 e. The SMILES string of the molecule is CC1CCCC(N(C)S(=O)(=O)c2ccc(C#N)cc2Cl)C1. The lowest BCUT2D eigenvalue weighted by Crippen LogP contribution is -2.39. The zero-order valence-electron chi connectivity index (χ0n) is 12.2. The number of benzene rings is 1. The van der Waals surface area contributed by atoms with Crippen molar-refractivity contribution in [2.45, 2.75) is 43.5 Å². The van der Waals surface area contributed by atoms with Gasteiger partial charge in [0, 0.05) is 13.1 Å². The predicted octanol–water partition coefficient (Wildman–Crippen LogP) is 3.41. The van der Waals surface area contributed by atoms with Crippen molar-refractivity contribution < 1.29 is 8.42 Å². The summed E-state index contributed by atoms with van der Waals surface area (Å²) in [5, 5.41) is 8.93. The number of sulfonamides is 1. The molecule has 4 nitrogen and oxygen atoms in total. The summed E-state index contributed by atoms with van der Waals surface area (Å²) in [5.74, 6) is 0.540. The van der Waals surface area contributed by atoms with Crippen molar-refractivity contribution in [1.82, 2.24) is 4.31 Å². The topological polar surface area (TPSA) is 61.2 Å². The average Bonchev–Trinajstić information content (AvgIpc) is 2.45. The van der Waals surface area contributed by atoms with Gasteiger partial charge in [-0.15, -0.1) is 0 Å². The summed E-state index contributed by atoms with van der Waals surface area (Å²) in [6.07, 6.45) is 3.96. The molecule has 21 heavy (non-hydrogen) atoms. The Morgan fingerprint density at radius 3 is 2.67 bits per heavy atom. The molecule has 2 atom stereocenters. The van der Waals surface area contributed by atoms with Crippen molar-refractivity contribution in [3.05, 3.63) is 28.8 Å². The van der Waals surface area contributed by atoms with Gasteiger partial charge in [0.05, 0.1) is 16.7 Å². The number of rotatable bonds is 3. The van der Waals surface area contributed by atoms with Crippen LogP contribution in [0.4, 0.5) is 0 Å². The van der Waals surface area contributed by atoms with Gasteiger partial charge >= 0.3 is 0 Å². The molecular weight excluding hydrogens is 308 g/mol. The van der Waals surface area contributed by atoms with Crippen LogP contribution in [0.25, 0.3) is 0 Å².